The van der Waals surface area contributed by atoms with E-state index < -0.39 is 0 Å². The summed E-state index contributed by atoms with van der Waals surface area (Å²) in [5.74, 6) is 1.09. The second-order valence-corrected chi connectivity index (χ2v) is 6.21. The molecular formula is C17H25N3O. The molecule has 4 heteroatoms. The number of hydrogen-bond acceptors (Lipinski definition) is 3. The molecule has 0 radical (unpaired) electrons. The highest BCUT2D eigenvalue weighted by molar-refractivity contribution is 5.81. The topological polar surface area (TPSA) is 50.1 Å². The summed E-state index contributed by atoms with van der Waals surface area (Å²) in [7, 11) is 1.99. The first-order chi connectivity index (χ1) is 10.3. The molecular weight excluding hydrogens is 262 g/mol. The van der Waals surface area contributed by atoms with Gasteiger partial charge in [0.15, 0.2) is 0 Å². The van der Waals surface area contributed by atoms with Gasteiger partial charge in [-0.25, -0.2) is 0 Å². The number of aryl methyl sites for hydroxylation is 1. The summed E-state index contributed by atoms with van der Waals surface area (Å²) < 4.78 is 1.95. The van der Waals surface area contributed by atoms with Gasteiger partial charge in [0.05, 0.1) is 11.2 Å². The number of hydrogen-bond donors (Lipinski definition) is 2. The second-order valence-electron chi connectivity index (χ2n) is 6.21. The number of aliphatic hydroxyl groups excluding tert-OH is 1. The molecule has 0 aliphatic heterocycles. The number of nitrogens with one attached hydrogen (secondary N) is 1. The molecule has 3 rings (SSSR count). The average molecular weight is 287 g/mol. The predicted octanol–water partition coefficient (Wildman–Crippen LogP) is 2.46. The Morgan fingerprint density at radius 2 is 2.00 bits per heavy atom. The van der Waals surface area contributed by atoms with Crippen molar-refractivity contribution in [2.45, 2.75) is 32.2 Å². The van der Waals surface area contributed by atoms with E-state index in [-0.39, 0.29) is 0 Å². The molecule has 1 aromatic carbocycles. The van der Waals surface area contributed by atoms with Crippen LogP contribution in [0.15, 0.2) is 24.3 Å². The summed E-state index contributed by atoms with van der Waals surface area (Å²) in [6.07, 6.45) is 4.98. The van der Waals surface area contributed by atoms with Crippen molar-refractivity contribution in [2.75, 3.05) is 13.2 Å². The Morgan fingerprint density at radius 1 is 1.24 bits per heavy atom. The Morgan fingerprint density at radius 3 is 2.81 bits per heavy atom. The first-order valence-electron chi connectivity index (χ1n) is 8.01. The zero-order chi connectivity index (χ0) is 14.7. The SMILES string of the molecule is Cn1nc(CNCC2CCCCC2CO)c2ccccc21. The van der Waals surface area contributed by atoms with Crippen molar-refractivity contribution in [2.24, 2.45) is 18.9 Å². The summed E-state index contributed by atoms with van der Waals surface area (Å²) in [5.41, 5.74) is 2.30. The van der Waals surface area contributed by atoms with E-state index in [9.17, 15) is 5.11 Å². The van der Waals surface area contributed by atoms with Gasteiger partial charge in [-0.05, 0) is 37.3 Å². The number of para-hydroxylation sites is 1. The Labute approximate surface area is 126 Å². The van der Waals surface area contributed by atoms with E-state index in [1.165, 1.54) is 36.6 Å². The molecule has 2 atom stereocenters. The summed E-state index contributed by atoms with van der Waals surface area (Å²) in [5, 5.41) is 18.9. The molecule has 0 spiro atoms. The normalized spacial score (nSPS) is 22.8. The third-order valence-corrected chi connectivity index (χ3v) is 4.83. The Kier molecular flexibility index (Phi) is 4.56. The lowest BCUT2D eigenvalue weighted by Crippen LogP contribution is -2.32. The van der Waals surface area contributed by atoms with Gasteiger partial charge in [-0.1, -0.05) is 31.0 Å². The van der Waals surface area contributed by atoms with Crippen molar-refractivity contribution in [3.8, 4) is 0 Å². The van der Waals surface area contributed by atoms with Gasteiger partial charge in [0.1, 0.15) is 0 Å². The van der Waals surface area contributed by atoms with E-state index in [0.29, 0.717) is 18.4 Å². The molecule has 1 aliphatic rings. The van der Waals surface area contributed by atoms with Gasteiger partial charge in [-0.15, -0.1) is 0 Å². The molecule has 1 fully saturated rings. The Hall–Kier alpha value is -1.39. The molecule has 1 saturated carbocycles. The largest absolute Gasteiger partial charge is 0.396 e. The van der Waals surface area contributed by atoms with Gasteiger partial charge in [0.25, 0.3) is 0 Å². The second kappa shape index (κ2) is 6.58. The van der Waals surface area contributed by atoms with Gasteiger partial charge in [0.2, 0.25) is 0 Å². The monoisotopic (exact) mass is 287 g/mol. The average Bonchev–Trinajstić information content (AvgIpc) is 2.85. The molecule has 0 saturated heterocycles. The first-order valence-corrected chi connectivity index (χ1v) is 8.01. The molecule has 4 nitrogen and oxygen atoms in total. The van der Waals surface area contributed by atoms with Crippen LogP contribution in [0.4, 0.5) is 0 Å². The summed E-state index contributed by atoms with van der Waals surface area (Å²) >= 11 is 0. The maximum absolute atomic E-state index is 9.48. The van der Waals surface area contributed by atoms with E-state index >= 15 is 0 Å². The molecule has 2 unspecified atom stereocenters. The van der Waals surface area contributed by atoms with E-state index in [0.717, 1.165) is 18.8 Å². The lowest BCUT2D eigenvalue weighted by Gasteiger charge is -2.30. The molecule has 1 aromatic heterocycles. The van der Waals surface area contributed by atoms with Gasteiger partial charge in [0, 0.05) is 25.6 Å². The van der Waals surface area contributed by atoms with Crippen LogP contribution in [0.1, 0.15) is 31.4 Å². The maximum Gasteiger partial charge on any atom is 0.0841 e. The Bertz CT molecular complexity index is 593. The van der Waals surface area contributed by atoms with Gasteiger partial charge in [-0.2, -0.15) is 5.10 Å². The highest BCUT2D eigenvalue weighted by atomic mass is 16.3. The third kappa shape index (κ3) is 3.11. The number of fused-ring (bicyclic) bond motifs is 1. The number of aliphatic hydroxyl groups is 1. The lowest BCUT2D eigenvalue weighted by molar-refractivity contribution is 0.133. The van der Waals surface area contributed by atoms with Gasteiger partial charge < -0.3 is 10.4 Å². The van der Waals surface area contributed by atoms with Gasteiger partial charge in [-0.3, -0.25) is 4.68 Å². The first kappa shape index (κ1) is 14.5. The lowest BCUT2D eigenvalue weighted by atomic mass is 9.79. The van der Waals surface area contributed by atoms with E-state index in [4.69, 9.17) is 0 Å². The van der Waals surface area contributed by atoms with Crippen LogP contribution in [0.5, 0.6) is 0 Å². The zero-order valence-electron chi connectivity index (χ0n) is 12.8. The minimum atomic E-state index is 0.332. The maximum atomic E-state index is 9.48. The van der Waals surface area contributed by atoms with Crippen LogP contribution in [0.2, 0.25) is 0 Å². The molecule has 21 heavy (non-hydrogen) atoms. The van der Waals surface area contributed by atoms with E-state index in [1.54, 1.807) is 0 Å². The van der Waals surface area contributed by atoms with Crippen LogP contribution in [-0.2, 0) is 13.6 Å². The van der Waals surface area contributed by atoms with Crippen molar-refractivity contribution in [3.63, 3.8) is 0 Å². The molecule has 2 aromatic rings. The van der Waals surface area contributed by atoms with E-state index in [2.05, 4.69) is 34.7 Å². The highest BCUT2D eigenvalue weighted by Crippen LogP contribution is 2.29. The molecule has 0 amide bonds. The fourth-order valence-corrected chi connectivity index (χ4v) is 3.59. The van der Waals surface area contributed by atoms with Crippen LogP contribution >= 0.6 is 0 Å². The minimum absolute atomic E-state index is 0.332. The molecule has 1 aliphatic carbocycles. The minimum Gasteiger partial charge on any atom is -0.396 e. The fraction of sp³-hybridized carbons (Fsp3) is 0.588. The highest BCUT2D eigenvalue weighted by Gasteiger charge is 2.24. The molecule has 2 N–H and O–H groups in total. The summed E-state index contributed by atoms with van der Waals surface area (Å²) in [6, 6.07) is 8.36. The van der Waals surface area contributed by atoms with Crippen molar-refractivity contribution < 1.29 is 5.11 Å². The molecule has 0 bridgehead atoms. The van der Waals surface area contributed by atoms with Crippen LogP contribution < -0.4 is 5.32 Å². The number of rotatable bonds is 5. The quantitative estimate of drug-likeness (QED) is 0.888. The third-order valence-electron chi connectivity index (χ3n) is 4.83. The van der Waals surface area contributed by atoms with Gasteiger partial charge >= 0.3 is 0 Å². The van der Waals surface area contributed by atoms with Crippen molar-refractivity contribution in [3.05, 3.63) is 30.0 Å². The van der Waals surface area contributed by atoms with E-state index in [1.807, 2.05) is 11.7 Å². The standard InChI is InChI=1S/C17H25N3O/c1-20-17-9-5-4-8-15(17)16(19-20)11-18-10-13-6-2-3-7-14(13)12-21/h4-5,8-9,13-14,18,21H,2-3,6-7,10-12H2,1H3. The molecule has 114 valence electrons. The number of nitrogens with zero attached hydrogens (tertiary/aromatic N) is 2. The predicted molar refractivity (Wildman–Crippen MR) is 85.0 cm³/mol. The summed E-state index contributed by atoms with van der Waals surface area (Å²) in [6.45, 7) is 2.12. The van der Waals surface area contributed by atoms with Crippen molar-refractivity contribution in [1.29, 1.82) is 0 Å². The number of benzene rings is 1. The zero-order valence-corrected chi connectivity index (χ0v) is 12.8. The fourth-order valence-electron chi connectivity index (χ4n) is 3.59. The van der Waals surface area contributed by atoms with Crippen LogP contribution in [0.25, 0.3) is 10.9 Å². The number of aromatic nitrogens is 2. The van der Waals surface area contributed by atoms with Crippen LogP contribution in [0, 0.1) is 11.8 Å². The van der Waals surface area contributed by atoms with Crippen molar-refractivity contribution >= 4 is 10.9 Å². The smallest absolute Gasteiger partial charge is 0.0841 e. The Balaban J connectivity index is 1.61. The summed E-state index contributed by atoms with van der Waals surface area (Å²) in [4.78, 5) is 0. The molecule has 1 heterocycles. The van der Waals surface area contributed by atoms with Crippen LogP contribution in [-0.4, -0.2) is 28.0 Å². The van der Waals surface area contributed by atoms with Crippen molar-refractivity contribution in [1.82, 2.24) is 15.1 Å². The van der Waals surface area contributed by atoms with Crippen LogP contribution in [0.3, 0.4) is 0 Å².